The Bertz CT molecular complexity index is 840. The molecule has 4 nitrogen and oxygen atoms in total. The van der Waals surface area contributed by atoms with E-state index >= 15 is 0 Å². The Balaban J connectivity index is 2.08. The van der Waals surface area contributed by atoms with Crippen molar-refractivity contribution in [2.75, 3.05) is 0 Å². The van der Waals surface area contributed by atoms with Gasteiger partial charge in [-0.15, -0.1) is 0 Å². The Morgan fingerprint density at radius 2 is 1.57 bits per heavy atom. The predicted octanol–water partition coefficient (Wildman–Crippen LogP) is 3.44. The smallest absolute Gasteiger partial charge is 0.311 e. The summed E-state index contributed by atoms with van der Waals surface area (Å²) in [5.74, 6) is -1.46. The first-order chi connectivity index (χ1) is 11.0. The minimum absolute atomic E-state index is 0.279. The van der Waals surface area contributed by atoms with Gasteiger partial charge in [-0.3, -0.25) is 4.79 Å². The number of rotatable bonds is 4. The summed E-state index contributed by atoms with van der Waals surface area (Å²) in [5, 5.41) is 9.04. The number of carbonyl (C=O) groups is 1. The highest BCUT2D eigenvalue weighted by molar-refractivity contribution is 5.70. The third-order valence-corrected chi connectivity index (χ3v) is 3.33. The maximum absolute atomic E-state index is 13.1. The number of benzene rings is 2. The van der Waals surface area contributed by atoms with Crippen LogP contribution in [0.15, 0.2) is 54.7 Å². The Kier molecular flexibility index (Phi) is 3.89. The summed E-state index contributed by atoms with van der Waals surface area (Å²) in [5.41, 5.74) is 1.79. The second kappa shape index (κ2) is 6.00. The van der Waals surface area contributed by atoms with E-state index in [-0.39, 0.29) is 18.1 Å². The van der Waals surface area contributed by atoms with Crippen LogP contribution in [-0.4, -0.2) is 20.6 Å². The van der Waals surface area contributed by atoms with Gasteiger partial charge in [0.05, 0.1) is 5.69 Å². The van der Waals surface area contributed by atoms with Gasteiger partial charge < -0.3 is 9.67 Å². The van der Waals surface area contributed by atoms with Gasteiger partial charge in [0.25, 0.3) is 0 Å². The van der Waals surface area contributed by atoms with E-state index in [1.165, 1.54) is 36.4 Å². The van der Waals surface area contributed by atoms with Gasteiger partial charge in [0, 0.05) is 17.4 Å². The van der Waals surface area contributed by atoms with Gasteiger partial charge in [-0.25, -0.2) is 13.8 Å². The van der Waals surface area contributed by atoms with Crippen molar-refractivity contribution in [3.8, 4) is 16.9 Å². The lowest BCUT2D eigenvalue weighted by atomic mass is 10.2. The van der Waals surface area contributed by atoms with Crippen molar-refractivity contribution in [2.24, 2.45) is 0 Å². The normalized spacial score (nSPS) is 10.7. The minimum atomic E-state index is -1.02. The van der Waals surface area contributed by atoms with Crippen LogP contribution >= 0.6 is 0 Å². The number of halogens is 2. The van der Waals surface area contributed by atoms with Gasteiger partial charge in [-0.05, 0) is 48.5 Å². The number of carboxylic acids is 1. The van der Waals surface area contributed by atoms with E-state index in [4.69, 9.17) is 5.11 Å². The first kappa shape index (κ1) is 14.9. The average Bonchev–Trinajstić information content (AvgIpc) is 2.92. The third kappa shape index (κ3) is 3.26. The summed E-state index contributed by atoms with van der Waals surface area (Å²) in [6.07, 6.45) is 1.37. The molecular weight excluding hydrogens is 302 g/mol. The van der Waals surface area contributed by atoms with Crippen LogP contribution < -0.4 is 0 Å². The van der Waals surface area contributed by atoms with Gasteiger partial charge in [0.2, 0.25) is 0 Å². The van der Waals surface area contributed by atoms with E-state index in [2.05, 4.69) is 4.98 Å². The summed E-state index contributed by atoms with van der Waals surface area (Å²) in [6, 6.07) is 11.4. The highest BCUT2D eigenvalue weighted by atomic mass is 19.1. The topological polar surface area (TPSA) is 55.1 Å². The summed E-state index contributed by atoms with van der Waals surface area (Å²) >= 11 is 0. The van der Waals surface area contributed by atoms with Crippen molar-refractivity contribution >= 4 is 5.97 Å². The molecule has 0 aliphatic heterocycles. The summed E-state index contributed by atoms with van der Waals surface area (Å²) in [6.45, 7) is 0. The molecule has 23 heavy (non-hydrogen) atoms. The fourth-order valence-electron chi connectivity index (χ4n) is 2.26. The SMILES string of the molecule is O=C(O)Cc1nc(-c2ccc(F)cc2)cn1-c1ccc(F)cc1. The van der Waals surface area contributed by atoms with Crippen molar-refractivity contribution in [3.05, 3.63) is 72.2 Å². The molecule has 1 N–H and O–H groups in total. The van der Waals surface area contributed by atoms with Crippen LogP contribution in [0.3, 0.4) is 0 Å². The lowest BCUT2D eigenvalue weighted by Crippen LogP contribution is -2.07. The summed E-state index contributed by atoms with van der Waals surface area (Å²) in [7, 11) is 0. The molecule has 0 saturated carbocycles. The zero-order valence-electron chi connectivity index (χ0n) is 11.9. The fourth-order valence-corrected chi connectivity index (χ4v) is 2.26. The number of hydrogen-bond donors (Lipinski definition) is 1. The lowest BCUT2D eigenvalue weighted by molar-refractivity contribution is -0.136. The van der Waals surface area contributed by atoms with Crippen LogP contribution in [0.4, 0.5) is 8.78 Å². The Labute approximate surface area is 130 Å². The van der Waals surface area contributed by atoms with Gasteiger partial charge in [-0.1, -0.05) is 0 Å². The first-order valence-electron chi connectivity index (χ1n) is 6.85. The molecular formula is C17H12F2N2O2. The van der Waals surface area contributed by atoms with Crippen LogP contribution in [0.25, 0.3) is 16.9 Å². The van der Waals surface area contributed by atoms with Crippen LogP contribution in [-0.2, 0) is 11.2 Å². The number of carboxylic acid groups (broad SMARTS) is 1. The first-order valence-corrected chi connectivity index (χ1v) is 6.85. The number of aromatic nitrogens is 2. The van der Waals surface area contributed by atoms with E-state index in [1.807, 2.05) is 0 Å². The van der Waals surface area contributed by atoms with Crippen LogP contribution in [0.1, 0.15) is 5.82 Å². The van der Waals surface area contributed by atoms with Crippen molar-refractivity contribution in [3.63, 3.8) is 0 Å². The van der Waals surface area contributed by atoms with Crippen LogP contribution in [0, 0.1) is 11.6 Å². The largest absolute Gasteiger partial charge is 0.481 e. The summed E-state index contributed by atoms with van der Waals surface area (Å²) < 4.78 is 27.7. The Morgan fingerprint density at radius 1 is 1.00 bits per heavy atom. The lowest BCUT2D eigenvalue weighted by Gasteiger charge is -2.05. The highest BCUT2D eigenvalue weighted by Crippen LogP contribution is 2.22. The molecule has 0 fully saturated rings. The van der Waals surface area contributed by atoms with E-state index in [0.29, 0.717) is 22.8 Å². The van der Waals surface area contributed by atoms with E-state index in [9.17, 15) is 13.6 Å². The third-order valence-electron chi connectivity index (χ3n) is 3.33. The number of aliphatic carboxylic acids is 1. The van der Waals surface area contributed by atoms with Gasteiger partial charge in [0.1, 0.15) is 23.9 Å². The second-order valence-corrected chi connectivity index (χ2v) is 4.97. The molecule has 0 unspecified atom stereocenters. The molecule has 116 valence electrons. The van der Waals surface area contributed by atoms with Crippen molar-refractivity contribution in [2.45, 2.75) is 6.42 Å². The molecule has 1 heterocycles. The number of nitrogens with zero attached hydrogens (tertiary/aromatic N) is 2. The van der Waals surface area contributed by atoms with Crippen molar-refractivity contribution in [1.29, 1.82) is 0 Å². The standard InChI is InChI=1S/C17H12F2N2O2/c18-12-3-1-11(2-4-12)15-10-21(16(20-15)9-17(22)23)14-7-5-13(19)6-8-14/h1-8,10H,9H2,(H,22,23). The quantitative estimate of drug-likeness (QED) is 0.802. The van der Waals surface area contributed by atoms with E-state index in [0.717, 1.165) is 0 Å². The molecule has 0 aliphatic rings. The number of hydrogen-bond acceptors (Lipinski definition) is 2. The van der Waals surface area contributed by atoms with E-state index in [1.54, 1.807) is 22.9 Å². The van der Waals surface area contributed by atoms with E-state index < -0.39 is 5.97 Å². The highest BCUT2D eigenvalue weighted by Gasteiger charge is 2.14. The molecule has 0 amide bonds. The predicted molar refractivity (Wildman–Crippen MR) is 80.3 cm³/mol. The summed E-state index contributed by atoms with van der Waals surface area (Å²) in [4.78, 5) is 15.3. The molecule has 0 spiro atoms. The van der Waals surface area contributed by atoms with Gasteiger partial charge in [0.15, 0.2) is 0 Å². The molecule has 3 rings (SSSR count). The monoisotopic (exact) mass is 314 g/mol. The van der Waals surface area contributed by atoms with Gasteiger partial charge in [-0.2, -0.15) is 0 Å². The molecule has 0 bridgehead atoms. The molecule has 0 aliphatic carbocycles. The maximum atomic E-state index is 13.1. The second-order valence-electron chi connectivity index (χ2n) is 4.97. The zero-order chi connectivity index (χ0) is 16.4. The molecule has 0 radical (unpaired) electrons. The number of imidazole rings is 1. The zero-order valence-corrected chi connectivity index (χ0v) is 11.9. The molecule has 0 saturated heterocycles. The van der Waals surface area contributed by atoms with Gasteiger partial charge >= 0.3 is 5.97 Å². The molecule has 3 aromatic rings. The molecule has 1 aromatic heterocycles. The molecule has 6 heteroatoms. The molecule has 0 atom stereocenters. The molecule has 2 aromatic carbocycles. The Morgan fingerprint density at radius 3 is 2.13 bits per heavy atom. The van der Waals surface area contributed by atoms with Crippen LogP contribution in [0.5, 0.6) is 0 Å². The average molecular weight is 314 g/mol. The fraction of sp³-hybridized carbons (Fsp3) is 0.0588. The van der Waals surface area contributed by atoms with Crippen molar-refractivity contribution < 1.29 is 18.7 Å². The van der Waals surface area contributed by atoms with Crippen molar-refractivity contribution in [1.82, 2.24) is 9.55 Å². The Hall–Kier alpha value is -3.02. The minimum Gasteiger partial charge on any atom is -0.481 e. The van der Waals surface area contributed by atoms with Crippen LogP contribution in [0.2, 0.25) is 0 Å². The maximum Gasteiger partial charge on any atom is 0.311 e.